The van der Waals surface area contributed by atoms with Gasteiger partial charge in [0.05, 0.1) is 46.1 Å². The Kier molecular flexibility index (Phi) is 6.18. The van der Waals surface area contributed by atoms with Crippen molar-refractivity contribution in [1.29, 1.82) is 0 Å². The topological polar surface area (TPSA) is 84.2 Å². The lowest BCUT2D eigenvalue weighted by Gasteiger charge is -2.34. The molecule has 2 aromatic carbocycles. The summed E-state index contributed by atoms with van der Waals surface area (Å²) in [5.41, 5.74) is 1.12. The zero-order chi connectivity index (χ0) is 24.7. The van der Waals surface area contributed by atoms with Gasteiger partial charge in [0.25, 0.3) is 5.92 Å². The molecule has 2 unspecified atom stereocenters. The number of likely N-dealkylation sites (N-methyl/N-ethyl adjacent to an activating group) is 1. The van der Waals surface area contributed by atoms with Crippen LogP contribution in [-0.4, -0.2) is 67.0 Å². The van der Waals surface area contributed by atoms with Crippen LogP contribution in [0.2, 0.25) is 0 Å². The first kappa shape index (κ1) is 23.6. The first-order valence-corrected chi connectivity index (χ1v) is 12.4. The first-order valence-electron chi connectivity index (χ1n) is 11.1. The summed E-state index contributed by atoms with van der Waals surface area (Å²) in [4.78, 5) is 17.2. The fourth-order valence-corrected chi connectivity index (χ4v) is 5.76. The van der Waals surface area contributed by atoms with Crippen molar-refractivity contribution in [2.45, 2.75) is 36.2 Å². The van der Waals surface area contributed by atoms with Crippen molar-refractivity contribution in [3.8, 4) is 11.4 Å². The molecule has 1 saturated heterocycles. The van der Waals surface area contributed by atoms with E-state index in [-0.39, 0.29) is 47.5 Å². The average molecular weight is 505 g/mol. The molecule has 184 valence electrons. The number of rotatable bonds is 4. The van der Waals surface area contributed by atoms with Crippen LogP contribution in [0.3, 0.4) is 0 Å². The molecule has 12 heteroatoms. The molecule has 2 atom stereocenters. The second kappa shape index (κ2) is 9.15. The van der Waals surface area contributed by atoms with E-state index < -0.39 is 35.0 Å². The Morgan fingerprint density at radius 1 is 1.20 bits per heavy atom. The summed E-state index contributed by atoms with van der Waals surface area (Å²) in [5.74, 6) is -3.86. The summed E-state index contributed by atoms with van der Waals surface area (Å²) < 4.78 is 56.1. The third kappa shape index (κ3) is 4.85. The summed E-state index contributed by atoms with van der Waals surface area (Å²) in [7, 11) is 0.0146. The lowest BCUT2D eigenvalue weighted by atomic mass is 10.0. The molecular formula is C23H23F3N6O2S. The van der Waals surface area contributed by atoms with Crippen molar-refractivity contribution in [2.24, 2.45) is 0 Å². The number of carbonyl (C=O) groups excluding carboxylic acids is 1. The largest absolute Gasteiger partial charge is 0.307 e. The number of anilines is 1. The Bertz CT molecular complexity index is 1290. The molecular weight excluding hydrogens is 481 g/mol. The van der Waals surface area contributed by atoms with E-state index in [1.807, 2.05) is 30.3 Å². The van der Waals surface area contributed by atoms with E-state index in [9.17, 15) is 17.8 Å². The Morgan fingerprint density at radius 2 is 1.97 bits per heavy atom. The number of hydrogen-bond acceptors (Lipinski definition) is 6. The standard InChI is InChI=1S/C23H23F3N6O2S/c1-30-13-16(11-23(25,26)14-30)32-28-22(27-29-32)17-9-19-20(10-18(17)24)35(34)8-7-21(33)31(19)12-15-5-3-2-4-6-15/h2-6,9-10,16H,7-8,11-14H2,1H3. The summed E-state index contributed by atoms with van der Waals surface area (Å²) >= 11 is 0. The van der Waals surface area contributed by atoms with Gasteiger partial charge < -0.3 is 4.90 Å². The smallest absolute Gasteiger partial charge is 0.262 e. The number of amides is 1. The van der Waals surface area contributed by atoms with Crippen LogP contribution in [0.5, 0.6) is 0 Å². The number of hydrogen-bond donors (Lipinski definition) is 0. The number of nitrogens with zero attached hydrogens (tertiary/aromatic N) is 6. The lowest BCUT2D eigenvalue weighted by Crippen LogP contribution is -2.46. The Morgan fingerprint density at radius 3 is 2.71 bits per heavy atom. The van der Waals surface area contributed by atoms with Crippen molar-refractivity contribution in [2.75, 3.05) is 30.8 Å². The summed E-state index contributed by atoms with van der Waals surface area (Å²) in [6.07, 6.45) is -0.388. The van der Waals surface area contributed by atoms with E-state index >= 15 is 4.39 Å². The van der Waals surface area contributed by atoms with Crippen LogP contribution in [0.1, 0.15) is 24.4 Å². The minimum absolute atomic E-state index is 0.0457. The van der Waals surface area contributed by atoms with E-state index in [4.69, 9.17) is 0 Å². The molecule has 3 heterocycles. The third-order valence-electron chi connectivity index (χ3n) is 6.12. The van der Waals surface area contributed by atoms with E-state index in [2.05, 4.69) is 15.4 Å². The number of fused-ring (bicyclic) bond motifs is 1. The molecule has 0 radical (unpaired) electrons. The minimum atomic E-state index is -2.90. The van der Waals surface area contributed by atoms with E-state index in [1.165, 1.54) is 15.9 Å². The fourth-order valence-electron chi connectivity index (χ4n) is 4.54. The van der Waals surface area contributed by atoms with Gasteiger partial charge in [-0.05, 0) is 30.0 Å². The van der Waals surface area contributed by atoms with Gasteiger partial charge in [0.2, 0.25) is 11.7 Å². The number of piperidine rings is 1. The molecule has 0 bridgehead atoms. The molecule has 0 spiro atoms. The number of carbonyl (C=O) groups is 1. The average Bonchev–Trinajstić information content (AvgIpc) is 3.27. The molecule has 2 aliphatic rings. The van der Waals surface area contributed by atoms with Crippen molar-refractivity contribution < 1.29 is 22.2 Å². The number of aromatic nitrogens is 4. The molecule has 35 heavy (non-hydrogen) atoms. The van der Waals surface area contributed by atoms with Crippen molar-refractivity contribution in [3.63, 3.8) is 0 Å². The van der Waals surface area contributed by atoms with E-state index in [0.29, 0.717) is 12.2 Å². The van der Waals surface area contributed by atoms with Crippen LogP contribution in [0.25, 0.3) is 11.4 Å². The normalized spacial score (nSPS) is 22.6. The van der Waals surface area contributed by atoms with Crippen molar-refractivity contribution in [1.82, 2.24) is 25.1 Å². The summed E-state index contributed by atoms with van der Waals surface area (Å²) in [6.45, 7) is 0.169. The predicted octanol–water partition coefficient (Wildman–Crippen LogP) is 3.04. The van der Waals surface area contributed by atoms with Gasteiger partial charge >= 0.3 is 0 Å². The zero-order valence-corrected chi connectivity index (χ0v) is 19.7. The van der Waals surface area contributed by atoms with Crippen LogP contribution in [-0.2, 0) is 22.1 Å². The van der Waals surface area contributed by atoms with Gasteiger partial charge in [-0.1, -0.05) is 30.3 Å². The monoisotopic (exact) mass is 504 g/mol. The van der Waals surface area contributed by atoms with Crippen molar-refractivity contribution in [3.05, 3.63) is 53.8 Å². The highest BCUT2D eigenvalue weighted by atomic mass is 32.2. The number of likely N-dealkylation sites (tertiary alicyclic amines) is 1. The van der Waals surface area contributed by atoms with Gasteiger partial charge in [-0.2, -0.15) is 4.80 Å². The molecule has 0 aliphatic carbocycles. The maximum absolute atomic E-state index is 15.2. The molecule has 8 nitrogen and oxygen atoms in total. The SMILES string of the molecule is CN1CC(n2nnc(-c3cc4c(cc3F)S(=O)CCC(=O)N4Cc3ccccc3)n2)CC(F)(F)C1. The van der Waals surface area contributed by atoms with E-state index in [1.54, 1.807) is 7.05 Å². The Hall–Kier alpha value is -3.12. The number of benzene rings is 2. The van der Waals surface area contributed by atoms with Crippen LogP contribution < -0.4 is 4.90 Å². The van der Waals surface area contributed by atoms with Gasteiger partial charge in [0.1, 0.15) is 5.82 Å². The van der Waals surface area contributed by atoms with Gasteiger partial charge in [-0.25, -0.2) is 13.2 Å². The zero-order valence-electron chi connectivity index (χ0n) is 18.9. The number of halogens is 3. The molecule has 1 fully saturated rings. The fraction of sp³-hybridized carbons (Fsp3) is 0.391. The van der Waals surface area contributed by atoms with Crippen LogP contribution >= 0.6 is 0 Å². The molecule has 0 N–H and O–H groups in total. The van der Waals surface area contributed by atoms with Crippen LogP contribution in [0.15, 0.2) is 47.4 Å². The van der Waals surface area contributed by atoms with Gasteiger partial charge in [-0.3, -0.25) is 13.9 Å². The second-order valence-corrected chi connectivity index (χ2v) is 10.4. The molecule has 0 saturated carbocycles. The van der Waals surface area contributed by atoms with Crippen LogP contribution in [0.4, 0.5) is 18.9 Å². The lowest BCUT2D eigenvalue weighted by molar-refractivity contribution is -0.118. The number of alkyl halides is 2. The number of tetrazole rings is 1. The molecule has 5 rings (SSSR count). The Balaban J connectivity index is 1.53. The van der Waals surface area contributed by atoms with Crippen LogP contribution in [0, 0.1) is 5.82 Å². The highest BCUT2D eigenvalue weighted by Crippen LogP contribution is 2.36. The van der Waals surface area contributed by atoms with E-state index in [0.717, 1.165) is 16.4 Å². The molecule has 1 amide bonds. The minimum Gasteiger partial charge on any atom is -0.307 e. The third-order valence-corrected chi connectivity index (χ3v) is 7.52. The summed E-state index contributed by atoms with van der Waals surface area (Å²) in [5, 5.41) is 12.0. The maximum Gasteiger partial charge on any atom is 0.262 e. The highest BCUT2D eigenvalue weighted by Gasteiger charge is 2.41. The van der Waals surface area contributed by atoms with Gasteiger partial charge in [0, 0.05) is 25.1 Å². The molecule has 3 aromatic rings. The Labute approximate surface area is 202 Å². The molecule has 2 aliphatic heterocycles. The maximum atomic E-state index is 15.2. The quantitative estimate of drug-likeness (QED) is 0.543. The van der Waals surface area contributed by atoms with Gasteiger partial charge in [-0.15, -0.1) is 10.2 Å². The first-order chi connectivity index (χ1) is 16.7. The predicted molar refractivity (Wildman–Crippen MR) is 123 cm³/mol. The summed E-state index contributed by atoms with van der Waals surface area (Å²) in [6, 6.07) is 11.1. The van der Waals surface area contributed by atoms with Gasteiger partial charge in [0.15, 0.2) is 0 Å². The molecule has 1 aromatic heterocycles. The second-order valence-electron chi connectivity index (χ2n) is 8.91. The highest BCUT2D eigenvalue weighted by molar-refractivity contribution is 7.85. The van der Waals surface area contributed by atoms with Crippen molar-refractivity contribution >= 4 is 22.4 Å².